The maximum atomic E-state index is 11.8. The first-order chi connectivity index (χ1) is 8.69. The van der Waals surface area contributed by atoms with Crippen LogP contribution >= 0.6 is 0 Å². The number of nitrogens with one attached hydrogen (secondary N) is 1. The van der Waals surface area contributed by atoms with Gasteiger partial charge in [-0.15, -0.1) is 0 Å². The normalized spacial score (nSPS) is 22.5. The van der Waals surface area contributed by atoms with Crippen molar-refractivity contribution in [3.63, 3.8) is 0 Å². The van der Waals surface area contributed by atoms with E-state index in [0.29, 0.717) is 13.0 Å². The molecule has 6 heteroatoms. The van der Waals surface area contributed by atoms with E-state index >= 15 is 0 Å². The summed E-state index contributed by atoms with van der Waals surface area (Å²) in [6, 6.07) is 0. The van der Waals surface area contributed by atoms with E-state index < -0.39 is 5.92 Å². The van der Waals surface area contributed by atoms with Gasteiger partial charge in [-0.3, -0.25) is 4.79 Å². The lowest BCUT2D eigenvalue weighted by Gasteiger charge is -2.23. The van der Waals surface area contributed by atoms with Crippen LogP contribution in [0.5, 0.6) is 0 Å². The van der Waals surface area contributed by atoms with Gasteiger partial charge in [0.15, 0.2) is 5.84 Å². The molecule has 1 aliphatic rings. The summed E-state index contributed by atoms with van der Waals surface area (Å²) in [6.07, 6.45) is 4.97. The van der Waals surface area contributed by atoms with Gasteiger partial charge in [-0.05, 0) is 32.1 Å². The number of nitrogens with zero attached hydrogens (tertiary/aromatic N) is 1. The van der Waals surface area contributed by atoms with Gasteiger partial charge in [0.25, 0.3) is 0 Å². The summed E-state index contributed by atoms with van der Waals surface area (Å²) in [5.41, 5.74) is 5.46. The minimum absolute atomic E-state index is 0.0380. The topological polar surface area (TPSA) is 96.9 Å². The Morgan fingerprint density at radius 1 is 1.61 bits per heavy atom. The molecule has 0 aromatic carbocycles. The van der Waals surface area contributed by atoms with Gasteiger partial charge < -0.3 is 21.0 Å². The Morgan fingerprint density at radius 2 is 2.39 bits per heavy atom. The van der Waals surface area contributed by atoms with Gasteiger partial charge in [0, 0.05) is 13.2 Å². The van der Waals surface area contributed by atoms with E-state index in [0.717, 1.165) is 25.9 Å². The molecular weight excluding hydrogens is 234 g/mol. The second-order valence-corrected chi connectivity index (χ2v) is 4.55. The molecule has 0 radical (unpaired) electrons. The van der Waals surface area contributed by atoms with E-state index in [2.05, 4.69) is 10.5 Å². The van der Waals surface area contributed by atoms with Crippen LogP contribution in [0, 0.1) is 5.92 Å². The van der Waals surface area contributed by atoms with Crippen LogP contribution in [0.15, 0.2) is 5.16 Å². The highest BCUT2D eigenvalue weighted by Gasteiger charge is 2.21. The molecule has 0 saturated carbocycles. The van der Waals surface area contributed by atoms with E-state index in [4.69, 9.17) is 15.7 Å². The Balaban J connectivity index is 2.26. The third-order valence-corrected chi connectivity index (χ3v) is 3.24. The number of amidine groups is 1. The van der Waals surface area contributed by atoms with Gasteiger partial charge in [-0.1, -0.05) is 12.1 Å². The maximum absolute atomic E-state index is 11.8. The fourth-order valence-electron chi connectivity index (χ4n) is 2.11. The van der Waals surface area contributed by atoms with Gasteiger partial charge in [-0.2, -0.15) is 0 Å². The number of ether oxygens (including phenoxy) is 1. The highest BCUT2D eigenvalue weighted by Crippen LogP contribution is 2.15. The molecule has 0 aromatic rings. The van der Waals surface area contributed by atoms with Crippen molar-refractivity contribution in [2.45, 2.75) is 45.1 Å². The number of hydrogen-bond donors (Lipinski definition) is 3. The number of oxime groups is 1. The molecule has 4 N–H and O–H groups in total. The molecule has 1 aliphatic heterocycles. The number of carbonyl (C=O) groups excluding carboxylic acids is 1. The second kappa shape index (κ2) is 7.92. The van der Waals surface area contributed by atoms with E-state index in [1.54, 1.807) is 0 Å². The summed E-state index contributed by atoms with van der Waals surface area (Å²) >= 11 is 0. The molecule has 1 saturated heterocycles. The molecule has 1 amide bonds. The molecule has 0 bridgehead atoms. The summed E-state index contributed by atoms with van der Waals surface area (Å²) in [4.78, 5) is 11.8. The average Bonchev–Trinajstić information content (AvgIpc) is 2.40. The number of carbonyl (C=O) groups is 1. The van der Waals surface area contributed by atoms with Crippen LogP contribution in [0.2, 0.25) is 0 Å². The van der Waals surface area contributed by atoms with Crippen LogP contribution in [0.25, 0.3) is 0 Å². The predicted octanol–water partition coefficient (Wildman–Crippen LogP) is 0.834. The molecule has 2 atom stereocenters. The zero-order valence-electron chi connectivity index (χ0n) is 10.9. The van der Waals surface area contributed by atoms with Crippen molar-refractivity contribution in [1.82, 2.24) is 5.32 Å². The van der Waals surface area contributed by atoms with Crippen LogP contribution in [0.3, 0.4) is 0 Å². The second-order valence-electron chi connectivity index (χ2n) is 4.55. The number of hydrogen-bond acceptors (Lipinski definition) is 4. The van der Waals surface area contributed by atoms with Gasteiger partial charge in [-0.25, -0.2) is 0 Å². The first kappa shape index (κ1) is 14.8. The zero-order valence-corrected chi connectivity index (χ0v) is 10.9. The molecule has 18 heavy (non-hydrogen) atoms. The Labute approximate surface area is 108 Å². The monoisotopic (exact) mass is 257 g/mol. The van der Waals surface area contributed by atoms with Crippen LogP contribution < -0.4 is 11.1 Å². The summed E-state index contributed by atoms with van der Waals surface area (Å²) in [5.74, 6) is -0.783. The molecule has 1 rings (SSSR count). The van der Waals surface area contributed by atoms with Crippen molar-refractivity contribution in [2.24, 2.45) is 16.8 Å². The van der Waals surface area contributed by atoms with Crippen molar-refractivity contribution in [3.8, 4) is 0 Å². The predicted molar refractivity (Wildman–Crippen MR) is 68.4 cm³/mol. The SMILES string of the molecule is CCC(C(=O)NCCC1CCCCO1)C(N)=NO. The summed E-state index contributed by atoms with van der Waals surface area (Å²) in [7, 11) is 0. The minimum Gasteiger partial charge on any atom is -0.409 e. The highest BCUT2D eigenvalue weighted by molar-refractivity contribution is 6.01. The Morgan fingerprint density at radius 3 is 2.94 bits per heavy atom. The Hall–Kier alpha value is -1.30. The van der Waals surface area contributed by atoms with Crippen LogP contribution in [0.1, 0.15) is 39.0 Å². The summed E-state index contributed by atoms with van der Waals surface area (Å²) in [5, 5.41) is 14.3. The number of nitrogens with two attached hydrogens (primary N) is 1. The Kier molecular flexibility index (Phi) is 6.49. The van der Waals surface area contributed by atoms with Crippen LogP contribution in [-0.2, 0) is 9.53 Å². The standard InChI is InChI=1S/C12H23N3O3/c1-2-10(11(13)15-17)12(16)14-7-6-9-5-3-4-8-18-9/h9-10,17H,2-8H2,1H3,(H2,13,15)(H,14,16). The lowest BCUT2D eigenvalue weighted by Crippen LogP contribution is -2.39. The smallest absolute Gasteiger partial charge is 0.230 e. The van der Waals surface area contributed by atoms with Crippen molar-refractivity contribution in [3.05, 3.63) is 0 Å². The number of rotatable bonds is 6. The minimum atomic E-state index is -0.553. The van der Waals surface area contributed by atoms with E-state index in [1.807, 2.05) is 6.92 Å². The fourth-order valence-corrected chi connectivity index (χ4v) is 2.11. The van der Waals surface area contributed by atoms with Gasteiger partial charge in [0.1, 0.15) is 0 Å². The quantitative estimate of drug-likeness (QED) is 0.284. The van der Waals surface area contributed by atoms with Crippen molar-refractivity contribution < 1.29 is 14.7 Å². The van der Waals surface area contributed by atoms with E-state index in [-0.39, 0.29) is 17.8 Å². The molecule has 1 fully saturated rings. The largest absolute Gasteiger partial charge is 0.409 e. The first-order valence-corrected chi connectivity index (χ1v) is 6.55. The molecular formula is C12H23N3O3. The van der Waals surface area contributed by atoms with Crippen molar-refractivity contribution in [1.29, 1.82) is 0 Å². The van der Waals surface area contributed by atoms with Gasteiger partial charge in [0.05, 0.1) is 12.0 Å². The lowest BCUT2D eigenvalue weighted by atomic mass is 10.0. The number of amides is 1. The maximum Gasteiger partial charge on any atom is 0.230 e. The van der Waals surface area contributed by atoms with Gasteiger partial charge in [0.2, 0.25) is 5.91 Å². The highest BCUT2D eigenvalue weighted by atomic mass is 16.5. The summed E-state index contributed by atoms with van der Waals surface area (Å²) < 4.78 is 5.58. The van der Waals surface area contributed by atoms with Crippen molar-refractivity contribution in [2.75, 3.05) is 13.2 Å². The van der Waals surface area contributed by atoms with Crippen molar-refractivity contribution >= 4 is 11.7 Å². The molecule has 0 aliphatic carbocycles. The third-order valence-electron chi connectivity index (χ3n) is 3.24. The van der Waals surface area contributed by atoms with E-state index in [9.17, 15) is 4.79 Å². The van der Waals surface area contributed by atoms with Gasteiger partial charge >= 0.3 is 0 Å². The Bertz CT molecular complexity index is 288. The third kappa shape index (κ3) is 4.52. The molecule has 1 heterocycles. The fraction of sp³-hybridized carbons (Fsp3) is 0.833. The molecule has 104 valence electrons. The molecule has 6 nitrogen and oxygen atoms in total. The molecule has 0 spiro atoms. The average molecular weight is 257 g/mol. The van der Waals surface area contributed by atoms with Crippen LogP contribution in [0.4, 0.5) is 0 Å². The zero-order chi connectivity index (χ0) is 13.4. The lowest BCUT2D eigenvalue weighted by molar-refractivity contribution is -0.123. The molecule has 2 unspecified atom stereocenters. The van der Waals surface area contributed by atoms with Crippen LogP contribution in [-0.4, -0.2) is 36.2 Å². The molecule has 0 aromatic heterocycles. The van der Waals surface area contributed by atoms with E-state index in [1.165, 1.54) is 6.42 Å². The first-order valence-electron chi connectivity index (χ1n) is 6.55. The summed E-state index contributed by atoms with van der Waals surface area (Å²) in [6.45, 7) is 3.21.